The minimum Gasteiger partial charge on any atom is -0.497 e. The van der Waals surface area contributed by atoms with Crippen molar-refractivity contribution in [2.75, 3.05) is 25.2 Å². The summed E-state index contributed by atoms with van der Waals surface area (Å²) in [5.41, 5.74) is 0.712. The molecule has 2 atom stereocenters. The fourth-order valence-electron chi connectivity index (χ4n) is 4.51. The molecule has 5 nitrogen and oxygen atoms in total. The predicted molar refractivity (Wildman–Crippen MR) is 110 cm³/mol. The highest BCUT2D eigenvalue weighted by molar-refractivity contribution is 5.97. The molecule has 2 heterocycles. The molecular formula is C23H29N2O3+. The Morgan fingerprint density at radius 2 is 1.75 bits per heavy atom. The lowest BCUT2D eigenvalue weighted by Gasteiger charge is -2.31. The van der Waals surface area contributed by atoms with Crippen LogP contribution in [0.15, 0.2) is 48.5 Å². The third kappa shape index (κ3) is 2.94. The molecule has 28 heavy (non-hydrogen) atoms. The van der Waals surface area contributed by atoms with Gasteiger partial charge >= 0.3 is 0 Å². The molecule has 5 heteroatoms. The van der Waals surface area contributed by atoms with Crippen LogP contribution in [0.4, 0.5) is 5.69 Å². The van der Waals surface area contributed by atoms with Gasteiger partial charge in [0.15, 0.2) is 6.04 Å². The van der Waals surface area contributed by atoms with Gasteiger partial charge in [-0.1, -0.05) is 0 Å². The number of ether oxygens (including phenoxy) is 2. The zero-order valence-electron chi connectivity index (χ0n) is 16.9. The number of benzene rings is 2. The van der Waals surface area contributed by atoms with E-state index in [1.54, 1.807) is 7.11 Å². The molecule has 0 fully saturated rings. The monoisotopic (exact) mass is 381 g/mol. The van der Waals surface area contributed by atoms with Gasteiger partial charge in [-0.15, -0.1) is 0 Å². The Hall–Kier alpha value is -2.53. The normalized spacial score (nSPS) is 24.3. The molecule has 0 unspecified atom stereocenters. The Morgan fingerprint density at radius 3 is 2.39 bits per heavy atom. The molecule has 2 aliphatic heterocycles. The van der Waals surface area contributed by atoms with E-state index in [1.807, 2.05) is 55.5 Å². The zero-order valence-corrected chi connectivity index (χ0v) is 16.9. The van der Waals surface area contributed by atoms with Gasteiger partial charge in [0.25, 0.3) is 11.6 Å². The molecule has 0 amide bonds. The van der Waals surface area contributed by atoms with Crippen molar-refractivity contribution >= 4 is 11.5 Å². The summed E-state index contributed by atoms with van der Waals surface area (Å²) in [7, 11) is 1.67. The van der Waals surface area contributed by atoms with Crippen molar-refractivity contribution in [2.45, 2.75) is 44.9 Å². The number of hydrogen-bond acceptors (Lipinski definition) is 4. The average molecular weight is 381 g/mol. The SMILES string of the molecule is CCOc1ccc([C@@]2(O)[C@H](C)[N+]3=C(CCCC3)N2c2ccc(OC)cc2)cc1. The highest BCUT2D eigenvalue weighted by Gasteiger charge is 2.59. The fourth-order valence-corrected chi connectivity index (χ4v) is 4.51. The molecule has 0 aliphatic carbocycles. The van der Waals surface area contributed by atoms with E-state index in [9.17, 15) is 5.11 Å². The van der Waals surface area contributed by atoms with Crippen molar-refractivity contribution in [3.8, 4) is 11.5 Å². The van der Waals surface area contributed by atoms with Crippen LogP contribution in [0.2, 0.25) is 0 Å². The van der Waals surface area contributed by atoms with Crippen molar-refractivity contribution in [2.24, 2.45) is 0 Å². The van der Waals surface area contributed by atoms with Gasteiger partial charge in [-0.25, -0.2) is 0 Å². The number of aliphatic hydroxyl groups is 1. The highest BCUT2D eigenvalue weighted by atomic mass is 16.5. The van der Waals surface area contributed by atoms with E-state index in [0.717, 1.165) is 48.6 Å². The van der Waals surface area contributed by atoms with Gasteiger partial charge < -0.3 is 14.6 Å². The summed E-state index contributed by atoms with van der Waals surface area (Å²) in [5.74, 6) is 2.83. The van der Waals surface area contributed by atoms with Gasteiger partial charge in [0.2, 0.25) is 0 Å². The second-order valence-corrected chi connectivity index (χ2v) is 7.46. The lowest BCUT2D eigenvalue weighted by Crippen LogP contribution is -2.50. The van der Waals surface area contributed by atoms with Gasteiger partial charge in [-0.05, 0) is 75.2 Å². The van der Waals surface area contributed by atoms with Gasteiger partial charge in [0.05, 0.1) is 20.3 Å². The molecular weight excluding hydrogens is 352 g/mol. The topological polar surface area (TPSA) is 44.9 Å². The summed E-state index contributed by atoms with van der Waals surface area (Å²) in [6, 6.07) is 15.7. The molecule has 0 saturated carbocycles. The first kappa shape index (κ1) is 18.8. The third-order valence-electron chi connectivity index (χ3n) is 5.95. The molecule has 1 N–H and O–H groups in total. The standard InChI is InChI=1S/C23H29N2O3/c1-4-28-21-12-8-18(9-13-21)23(26)17(2)24-16-6-5-7-22(24)25(23)19-10-14-20(27-3)15-11-19/h8-15,17,26H,4-7,16H2,1-3H3/q+1/t17-,23-/m0/s1. The van der Waals surface area contributed by atoms with Crippen LogP contribution in [0.1, 0.15) is 38.7 Å². The molecule has 0 aromatic heterocycles. The number of amidine groups is 1. The Bertz CT molecular complexity index is 860. The van der Waals surface area contributed by atoms with Gasteiger partial charge in [0.1, 0.15) is 17.2 Å². The quantitative estimate of drug-likeness (QED) is 0.802. The molecule has 148 valence electrons. The van der Waals surface area contributed by atoms with Crippen LogP contribution in [-0.2, 0) is 5.72 Å². The molecule has 2 aromatic carbocycles. The Balaban J connectivity index is 1.80. The van der Waals surface area contributed by atoms with Crippen LogP contribution >= 0.6 is 0 Å². The number of nitrogens with zero attached hydrogens (tertiary/aromatic N) is 2. The Morgan fingerprint density at radius 1 is 1.07 bits per heavy atom. The Kier molecular flexibility index (Phi) is 5.02. The minimum absolute atomic E-state index is 0.0529. The van der Waals surface area contributed by atoms with E-state index in [0.29, 0.717) is 6.61 Å². The van der Waals surface area contributed by atoms with Crippen molar-refractivity contribution in [1.29, 1.82) is 0 Å². The molecule has 4 rings (SSSR count). The fraction of sp³-hybridized carbons (Fsp3) is 0.435. The number of anilines is 1. The first-order valence-electron chi connectivity index (χ1n) is 10.1. The van der Waals surface area contributed by atoms with Crippen LogP contribution in [0.25, 0.3) is 0 Å². The minimum atomic E-state index is -1.14. The second kappa shape index (κ2) is 7.47. The summed E-state index contributed by atoms with van der Waals surface area (Å²) in [6.07, 6.45) is 3.27. The zero-order chi connectivity index (χ0) is 19.7. The third-order valence-corrected chi connectivity index (χ3v) is 5.95. The van der Waals surface area contributed by atoms with E-state index in [1.165, 1.54) is 5.84 Å². The first-order chi connectivity index (χ1) is 13.6. The van der Waals surface area contributed by atoms with Crippen molar-refractivity contribution in [3.63, 3.8) is 0 Å². The molecule has 0 radical (unpaired) electrons. The number of methoxy groups -OCH3 is 1. The van der Waals surface area contributed by atoms with Crippen LogP contribution < -0.4 is 14.4 Å². The molecule has 0 bridgehead atoms. The number of hydrogen-bond donors (Lipinski definition) is 1. The summed E-state index contributed by atoms with van der Waals surface area (Å²) >= 11 is 0. The van der Waals surface area contributed by atoms with Crippen LogP contribution in [0, 0.1) is 0 Å². The second-order valence-electron chi connectivity index (χ2n) is 7.46. The smallest absolute Gasteiger partial charge is 0.278 e. The Labute approximate surface area is 166 Å². The van der Waals surface area contributed by atoms with Crippen molar-refractivity contribution in [1.82, 2.24) is 0 Å². The summed E-state index contributed by atoms with van der Waals surface area (Å²) in [4.78, 5) is 2.12. The molecule has 0 saturated heterocycles. The highest BCUT2D eigenvalue weighted by Crippen LogP contribution is 2.42. The van der Waals surface area contributed by atoms with E-state index in [-0.39, 0.29) is 6.04 Å². The molecule has 2 aromatic rings. The molecule has 0 spiro atoms. The van der Waals surface area contributed by atoms with Gasteiger partial charge in [0, 0.05) is 12.0 Å². The maximum absolute atomic E-state index is 12.1. The van der Waals surface area contributed by atoms with Crippen LogP contribution in [0.5, 0.6) is 11.5 Å². The average Bonchev–Trinajstić information content (AvgIpc) is 2.97. The summed E-state index contributed by atoms with van der Waals surface area (Å²) < 4.78 is 13.3. The largest absolute Gasteiger partial charge is 0.497 e. The van der Waals surface area contributed by atoms with Crippen LogP contribution in [-0.4, -0.2) is 41.8 Å². The first-order valence-corrected chi connectivity index (χ1v) is 10.1. The maximum atomic E-state index is 12.1. The predicted octanol–water partition coefficient (Wildman–Crippen LogP) is 3.74. The van der Waals surface area contributed by atoms with E-state index >= 15 is 0 Å². The van der Waals surface area contributed by atoms with Crippen molar-refractivity contribution < 1.29 is 19.2 Å². The van der Waals surface area contributed by atoms with Gasteiger partial charge in [-0.3, -0.25) is 4.58 Å². The van der Waals surface area contributed by atoms with E-state index in [2.05, 4.69) is 16.4 Å². The van der Waals surface area contributed by atoms with E-state index in [4.69, 9.17) is 9.47 Å². The lowest BCUT2D eigenvalue weighted by atomic mass is 9.94. The molecule has 2 aliphatic rings. The lowest BCUT2D eigenvalue weighted by molar-refractivity contribution is -0.574. The van der Waals surface area contributed by atoms with Gasteiger partial charge in [-0.2, -0.15) is 4.90 Å². The summed E-state index contributed by atoms with van der Waals surface area (Å²) in [6.45, 7) is 5.69. The summed E-state index contributed by atoms with van der Waals surface area (Å²) in [5, 5.41) is 12.1. The van der Waals surface area contributed by atoms with Crippen molar-refractivity contribution in [3.05, 3.63) is 54.1 Å². The maximum Gasteiger partial charge on any atom is 0.278 e. The van der Waals surface area contributed by atoms with Crippen LogP contribution in [0.3, 0.4) is 0 Å². The number of rotatable bonds is 5. The van der Waals surface area contributed by atoms with E-state index < -0.39 is 5.72 Å².